The van der Waals surface area contributed by atoms with E-state index in [2.05, 4.69) is 10.4 Å². The van der Waals surface area contributed by atoms with Crippen molar-refractivity contribution >= 4 is 29.0 Å². The maximum atomic E-state index is 13.1. The number of nitrogens with one attached hydrogen (secondary N) is 1. The van der Waals surface area contributed by atoms with E-state index in [0.29, 0.717) is 6.54 Å². The smallest absolute Gasteiger partial charge is 0.248 e. The van der Waals surface area contributed by atoms with Crippen molar-refractivity contribution in [2.24, 2.45) is 0 Å². The van der Waals surface area contributed by atoms with E-state index < -0.39 is 0 Å². The van der Waals surface area contributed by atoms with Crippen molar-refractivity contribution in [3.8, 4) is 10.4 Å². The van der Waals surface area contributed by atoms with Gasteiger partial charge in [0.15, 0.2) is 0 Å². The Balaban J connectivity index is 1.43. The highest BCUT2D eigenvalue weighted by atomic mass is 32.1. The SMILES string of the molecule is O=C(/C=C/c1ccc(-c2ccc(F)cc2)s1)Nc1ccccc1Cn1cccn1. The van der Waals surface area contributed by atoms with Crippen molar-refractivity contribution < 1.29 is 9.18 Å². The van der Waals surface area contributed by atoms with Gasteiger partial charge in [-0.25, -0.2) is 4.39 Å². The zero-order valence-corrected chi connectivity index (χ0v) is 16.3. The molecule has 0 bridgehead atoms. The van der Waals surface area contributed by atoms with Gasteiger partial charge in [-0.2, -0.15) is 5.10 Å². The Kier molecular flexibility index (Phi) is 5.63. The molecule has 29 heavy (non-hydrogen) atoms. The van der Waals surface area contributed by atoms with Gasteiger partial charge in [-0.1, -0.05) is 30.3 Å². The average molecular weight is 403 g/mol. The molecule has 2 heterocycles. The van der Waals surface area contributed by atoms with E-state index in [-0.39, 0.29) is 11.7 Å². The van der Waals surface area contributed by atoms with Gasteiger partial charge in [0, 0.05) is 33.9 Å². The van der Waals surface area contributed by atoms with Crippen LogP contribution in [-0.4, -0.2) is 15.7 Å². The standard InChI is InChI=1S/C23H18FN3OS/c24-19-8-6-17(7-9-19)22-12-10-20(29-22)11-13-23(28)26-21-5-2-1-4-18(21)16-27-15-3-14-25-27/h1-15H,16H2,(H,26,28)/b13-11+. The molecule has 144 valence electrons. The number of carbonyl (C=O) groups excluding carboxylic acids is 1. The van der Waals surface area contributed by atoms with E-state index in [0.717, 1.165) is 26.6 Å². The van der Waals surface area contributed by atoms with Gasteiger partial charge in [0.1, 0.15) is 5.82 Å². The summed E-state index contributed by atoms with van der Waals surface area (Å²) in [6.45, 7) is 0.582. The minimum Gasteiger partial charge on any atom is -0.322 e. The number of amides is 1. The maximum Gasteiger partial charge on any atom is 0.248 e. The van der Waals surface area contributed by atoms with Crippen LogP contribution >= 0.6 is 11.3 Å². The van der Waals surface area contributed by atoms with E-state index >= 15 is 0 Å². The summed E-state index contributed by atoms with van der Waals surface area (Å²) in [7, 11) is 0. The minimum absolute atomic E-state index is 0.199. The molecule has 4 rings (SSSR count). The highest BCUT2D eigenvalue weighted by molar-refractivity contribution is 7.16. The molecule has 0 saturated heterocycles. The second-order valence-electron chi connectivity index (χ2n) is 6.39. The van der Waals surface area contributed by atoms with Gasteiger partial charge < -0.3 is 5.32 Å². The lowest BCUT2D eigenvalue weighted by Crippen LogP contribution is -2.11. The number of rotatable bonds is 6. The third-order valence-electron chi connectivity index (χ3n) is 4.32. The van der Waals surface area contributed by atoms with Gasteiger partial charge in [-0.05, 0) is 53.6 Å². The van der Waals surface area contributed by atoms with Crippen LogP contribution in [0.2, 0.25) is 0 Å². The lowest BCUT2D eigenvalue weighted by molar-refractivity contribution is -0.111. The van der Waals surface area contributed by atoms with Gasteiger partial charge in [-0.3, -0.25) is 9.48 Å². The molecule has 0 radical (unpaired) electrons. The monoisotopic (exact) mass is 403 g/mol. The molecule has 2 aromatic heterocycles. The molecule has 0 unspecified atom stereocenters. The van der Waals surface area contributed by atoms with Crippen LogP contribution in [0.1, 0.15) is 10.4 Å². The van der Waals surface area contributed by atoms with Crippen molar-refractivity contribution in [2.45, 2.75) is 6.54 Å². The van der Waals surface area contributed by atoms with Crippen LogP contribution < -0.4 is 5.32 Å². The van der Waals surface area contributed by atoms with Gasteiger partial charge in [0.05, 0.1) is 6.54 Å². The molecule has 0 saturated carbocycles. The van der Waals surface area contributed by atoms with Crippen LogP contribution in [0.15, 0.2) is 85.2 Å². The topological polar surface area (TPSA) is 46.9 Å². The van der Waals surface area contributed by atoms with Gasteiger partial charge in [0.25, 0.3) is 0 Å². The van der Waals surface area contributed by atoms with Crippen LogP contribution in [-0.2, 0) is 11.3 Å². The van der Waals surface area contributed by atoms with E-state index in [4.69, 9.17) is 0 Å². The number of hydrogen-bond acceptors (Lipinski definition) is 3. The van der Waals surface area contributed by atoms with Crippen LogP contribution in [0.3, 0.4) is 0 Å². The van der Waals surface area contributed by atoms with Gasteiger partial charge in [-0.15, -0.1) is 11.3 Å². The molecule has 1 N–H and O–H groups in total. The normalized spacial score (nSPS) is 11.1. The average Bonchev–Trinajstić information content (AvgIpc) is 3.41. The lowest BCUT2D eigenvalue weighted by Gasteiger charge is -2.09. The van der Waals surface area contributed by atoms with Crippen LogP contribution in [0.25, 0.3) is 16.5 Å². The van der Waals surface area contributed by atoms with Gasteiger partial charge >= 0.3 is 0 Å². The first-order chi connectivity index (χ1) is 14.2. The molecule has 0 aliphatic rings. The summed E-state index contributed by atoms with van der Waals surface area (Å²) >= 11 is 1.55. The highest BCUT2D eigenvalue weighted by Crippen LogP contribution is 2.29. The molecule has 0 atom stereocenters. The number of hydrogen-bond donors (Lipinski definition) is 1. The third-order valence-corrected chi connectivity index (χ3v) is 5.42. The number of nitrogens with zero attached hydrogens (tertiary/aromatic N) is 2. The number of aromatic nitrogens is 2. The predicted molar refractivity (Wildman–Crippen MR) is 115 cm³/mol. The summed E-state index contributed by atoms with van der Waals surface area (Å²) in [5.41, 5.74) is 2.69. The summed E-state index contributed by atoms with van der Waals surface area (Å²) in [6, 6.07) is 19.8. The molecule has 0 aliphatic heterocycles. The summed E-state index contributed by atoms with van der Waals surface area (Å²) in [6.07, 6.45) is 6.91. The first-order valence-corrected chi connectivity index (χ1v) is 9.89. The van der Waals surface area contributed by atoms with Crippen molar-refractivity contribution in [1.29, 1.82) is 0 Å². The Labute approximate surface area is 171 Å². The zero-order chi connectivity index (χ0) is 20.1. The fraction of sp³-hybridized carbons (Fsp3) is 0.0435. The minimum atomic E-state index is -0.255. The number of benzene rings is 2. The van der Waals surface area contributed by atoms with E-state index in [1.54, 1.807) is 35.7 Å². The maximum absolute atomic E-state index is 13.1. The molecule has 0 spiro atoms. The molecule has 4 aromatic rings. The largest absolute Gasteiger partial charge is 0.322 e. The summed E-state index contributed by atoms with van der Waals surface area (Å²) < 4.78 is 14.9. The fourth-order valence-electron chi connectivity index (χ4n) is 2.89. The Hall–Kier alpha value is -3.51. The Morgan fingerprint density at radius 3 is 2.69 bits per heavy atom. The Morgan fingerprint density at radius 1 is 1.07 bits per heavy atom. The van der Waals surface area contributed by atoms with Crippen LogP contribution in [0, 0.1) is 5.82 Å². The lowest BCUT2D eigenvalue weighted by atomic mass is 10.1. The zero-order valence-electron chi connectivity index (χ0n) is 15.5. The molecular formula is C23H18FN3OS. The summed E-state index contributed by atoms with van der Waals surface area (Å²) in [5.74, 6) is -0.454. The van der Waals surface area contributed by atoms with Crippen molar-refractivity contribution in [3.05, 3.63) is 101 Å². The number of halogens is 1. The summed E-state index contributed by atoms with van der Waals surface area (Å²) in [5, 5.41) is 7.14. The molecular weight excluding hydrogens is 385 g/mol. The number of para-hydroxylation sites is 1. The van der Waals surface area contributed by atoms with Crippen LogP contribution in [0.5, 0.6) is 0 Å². The molecule has 4 nitrogen and oxygen atoms in total. The van der Waals surface area contributed by atoms with Crippen molar-refractivity contribution in [2.75, 3.05) is 5.32 Å². The highest BCUT2D eigenvalue weighted by Gasteiger charge is 2.06. The van der Waals surface area contributed by atoms with E-state index in [1.807, 2.05) is 53.3 Å². The molecule has 1 amide bonds. The first kappa shape index (κ1) is 18.8. The molecule has 0 aliphatic carbocycles. The third kappa shape index (κ3) is 4.86. The number of carbonyl (C=O) groups is 1. The molecule has 2 aromatic carbocycles. The molecule has 6 heteroatoms. The Bertz CT molecular complexity index is 1130. The second kappa shape index (κ2) is 8.67. The van der Waals surface area contributed by atoms with E-state index in [1.165, 1.54) is 18.2 Å². The predicted octanol–water partition coefficient (Wildman–Crippen LogP) is 5.45. The quantitative estimate of drug-likeness (QED) is 0.435. The van der Waals surface area contributed by atoms with Crippen LogP contribution in [0.4, 0.5) is 10.1 Å². The number of anilines is 1. The first-order valence-electron chi connectivity index (χ1n) is 9.07. The van der Waals surface area contributed by atoms with Gasteiger partial charge in [0.2, 0.25) is 5.91 Å². The van der Waals surface area contributed by atoms with Crippen molar-refractivity contribution in [3.63, 3.8) is 0 Å². The Morgan fingerprint density at radius 2 is 1.90 bits per heavy atom. The van der Waals surface area contributed by atoms with Crippen molar-refractivity contribution in [1.82, 2.24) is 9.78 Å². The number of thiophene rings is 1. The van der Waals surface area contributed by atoms with E-state index in [9.17, 15) is 9.18 Å². The second-order valence-corrected chi connectivity index (χ2v) is 7.51. The fourth-order valence-corrected chi connectivity index (χ4v) is 3.81. The summed E-state index contributed by atoms with van der Waals surface area (Å²) in [4.78, 5) is 14.4. The molecule has 0 fully saturated rings.